The highest BCUT2D eigenvalue weighted by Crippen LogP contribution is 2.27. The van der Waals surface area contributed by atoms with Crippen LogP contribution in [0.1, 0.15) is 142 Å². The monoisotopic (exact) mass is 618 g/mol. The molecule has 0 fully saturated rings. The van der Waals surface area contributed by atoms with Crippen LogP contribution >= 0.6 is 0 Å². The molecule has 0 amide bonds. The van der Waals surface area contributed by atoms with Crippen molar-refractivity contribution < 1.29 is 34.1 Å². The van der Waals surface area contributed by atoms with Crippen LogP contribution < -0.4 is 0 Å². The van der Waals surface area contributed by atoms with Crippen LogP contribution in [0.15, 0.2) is 36.5 Å². The van der Waals surface area contributed by atoms with E-state index in [9.17, 15) is 24.6 Å². The van der Waals surface area contributed by atoms with Crippen LogP contribution in [0.3, 0.4) is 0 Å². The number of aliphatic hydroxyl groups excluding tert-OH is 2. The van der Waals surface area contributed by atoms with Gasteiger partial charge in [0, 0.05) is 18.8 Å². The number of ketones is 1. The Bertz CT molecular complexity index is 847. The molecule has 1 aliphatic rings. The smallest absolute Gasteiger partial charge is 0.306 e. The van der Waals surface area contributed by atoms with Gasteiger partial charge in [-0.05, 0) is 44.1 Å². The van der Waals surface area contributed by atoms with Gasteiger partial charge < -0.3 is 19.7 Å². The van der Waals surface area contributed by atoms with Crippen molar-refractivity contribution in [1.29, 1.82) is 0 Å². The lowest BCUT2D eigenvalue weighted by Crippen LogP contribution is -2.28. The molecule has 1 aliphatic carbocycles. The lowest BCUT2D eigenvalue weighted by molar-refractivity contribution is -0.161. The van der Waals surface area contributed by atoms with E-state index in [-0.39, 0.29) is 36.6 Å². The highest BCUT2D eigenvalue weighted by molar-refractivity contribution is 5.95. The molecular formula is C37H62O7. The summed E-state index contributed by atoms with van der Waals surface area (Å²) in [5.41, 5.74) is 0. The van der Waals surface area contributed by atoms with E-state index in [1.54, 1.807) is 12.2 Å². The van der Waals surface area contributed by atoms with E-state index in [4.69, 9.17) is 9.47 Å². The molecule has 0 unspecified atom stereocenters. The topological polar surface area (TPSA) is 110 Å². The van der Waals surface area contributed by atoms with Crippen molar-refractivity contribution in [2.45, 2.75) is 154 Å². The van der Waals surface area contributed by atoms with Gasteiger partial charge in [-0.1, -0.05) is 128 Å². The summed E-state index contributed by atoms with van der Waals surface area (Å²) in [6, 6.07) is 0. The largest absolute Gasteiger partial charge is 0.462 e. The Morgan fingerprint density at radius 1 is 0.841 bits per heavy atom. The summed E-state index contributed by atoms with van der Waals surface area (Å²) in [6.07, 6.45) is 29.6. The maximum Gasteiger partial charge on any atom is 0.306 e. The molecule has 0 aromatic carbocycles. The highest BCUT2D eigenvalue weighted by Gasteiger charge is 2.27. The van der Waals surface area contributed by atoms with Crippen LogP contribution in [0.4, 0.5) is 0 Å². The maximum absolute atomic E-state index is 12.3. The van der Waals surface area contributed by atoms with E-state index in [1.807, 2.05) is 24.3 Å². The van der Waals surface area contributed by atoms with Gasteiger partial charge in [0.05, 0.1) is 12.7 Å². The fourth-order valence-electron chi connectivity index (χ4n) is 5.37. The maximum atomic E-state index is 12.3. The number of rotatable bonds is 28. The summed E-state index contributed by atoms with van der Waals surface area (Å²) in [5, 5.41) is 19.7. The molecule has 0 aromatic heterocycles. The summed E-state index contributed by atoms with van der Waals surface area (Å²) >= 11 is 0. The first kappa shape index (κ1) is 39.8. The SMILES string of the molecule is CCCCCCCCCCCCCC(=O)OC[C@H](CO)OC(=O)CCC/C=C\C[C@H]1C=CC(=O)[C@@H]1/C=C/[C@@H](O)CCCCC. The van der Waals surface area contributed by atoms with Crippen molar-refractivity contribution in [3.63, 3.8) is 0 Å². The molecule has 0 spiro atoms. The number of esters is 2. The first-order chi connectivity index (χ1) is 21.4. The van der Waals surface area contributed by atoms with E-state index < -0.39 is 24.8 Å². The molecule has 7 nitrogen and oxygen atoms in total. The third-order valence-corrected chi connectivity index (χ3v) is 8.18. The average Bonchev–Trinajstić information content (AvgIpc) is 3.37. The lowest BCUT2D eigenvalue weighted by Gasteiger charge is -2.15. The van der Waals surface area contributed by atoms with Crippen molar-refractivity contribution in [3.8, 4) is 0 Å². The molecule has 0 saturated carbocycles. The number of carbonyl (C=O) groups excluding carboxylic acids is 3. The van der Waals surface area contributed by atoms with E-state index >= 15 is 0 Å². The van der Waals surface area contributed by atoms with Gasteiger partial charge in [-0.25, -0.2) is 0 Å². The second-order valence-corrected chi connectivity index (χ2v) is 12.3. The van der Waals surface area contributed by atoms with Gasteiger partial charge in [-0.3, -0.25) is 14.4 Å². The average molecular weight is 619 g/mol. The molecule has 7 heteroatoms. The Hall–Kier alpha value is -2.25. The van der Waals surface area contributed by atoms with E-state index in [0.29, 0.717) is 25.7 Å². The number of aliphatic hydroxyl groups is 2. The molecule has 0 aliphatic heterocycles. The van der Waals surface area contributed by atoms with Gasteiger partial charge in [-0.2, -0.15) is 0 Å². The number of unbranched alkanes of at least 4 members (excludes halogenated alkanes) is 13. The van der Waals surface area contributed by atoms with Crippen molar-refractivity contribution >= 4 is 17.7 Å². The third-order valence-electron chi connectivity index (χ3n) is 8.18. The Balaban J connectivity index is 2.14. The van der Waals surface area contributed by atoms with E-state index in [0.717, 1.165) is 44.9 Å². The van der Waals surface area contributed by atoms with Crippen LogP contribution in [-0.4, -0.2) is 53.4 Å². The number of hydrogen-bond acceptors (Lipinski definition) is 7. The molecule has 44 heavy (non-hydrogen) atoms. The molecule has 0 heterocycles. The molecule has 0 radical (unpaired) electrons. The van der Waals surface area contributed by atoms with Gasteiger partial charge in [0.15, 0.2) is 11.9 Å². The standard InChI is InChI=1S/C37H62O7/c1-3-5-7-8-9-10-11-12-13-14-19-23-36(41)43-30-33(29-38)44-37(42)24-20-16-15-18-21-31-25-28-35(40)34(31)27-26-32(39)22-17-6-4-2/h15,18,25-28,31-34,38-39H,3-14,16-17,19-24,29-30H2,1-2H3/b18-15-,27-26+/t31-,32-,33-,34+/m0/s1. The zero-order valence-corrected chi connectivity index (χ0v) is 27.8. The minimum Gasteiger partial charge on any atom is -0.462 e. The van der Waals surface area contributed by atoms with Gasteiger partial charge in [-0.15, -0.1) is 0 Å². The fourth-order valence-corrected chi connectivity index (χ4v) is 5.37. The van der Waals surface area contributed by atoms with Gasteiger partial charge >= 0.3 is 11.9 Å². The minimum atomic E-state index is -0.846. The zero-order valence-electron chi connectivity index (χ0n) is 27.8. The zero-order chi connectivity index (χ0) is 32.3. The van der Waals surface area contributed by atoms with Gasteiger partial charge in [0.25, 0.3) is 0 Å². The summed E-state index contributed by atoms with van der Waals surface area (Å²) in [4.78, 5) is 36.5. The van der Waals surface area contributed by atoms with Crippen molar-refractivity contribution in [2.24, 2.45) is 11.8 Å². The van der Waals surface area contributed by atoms with Crippen LogP contribution in [0, 0.1) is 11.8 Å². The third kappa shape index (κ3) is 20.7. The molecular weight excluding hydrogens is 556 g/mol. The minimum absolute atomic E-state index is 0.0707. The molecule has 1 rings (SSSR count). The molecule has 252 valence electrons. The molecule has 0 bridgehead atoms. The lowest BCUT2D eigenvalue weighted by atomic mass is 9.90. The van der Waals surface area contributed by atoms with E-state index in [1.165, 1.54) is 51.4 Å². The Kier molecular flexibility index (Phi) is 24.5. The normalized spacial score (nSPS) is 18.0. The second-order valence-electron chi connectivity index (χ2n) is 12.3. The Morgan fingerprint density at radius 2 is 1.45 bits per heavy atom. The summed E-state index contributed by atoms with van der Waals surface area (Å²) in [7, 11) is 0. The number of hydrogen-bond donors (Lipinski definition) is 2. The van der Waals surface area contributed by atoms with Crippen LogP contribution in [0.25, 0.3) is 0 Å². The van der Waals surface area contributed by atoms with Gasteiger partial charge in [0.1, 0.15) is 6.61 Å². The molecule has 4 atom stereocenters. The first-order valence-corrected chi connectivity index (χ1v) is 17.6. The number of carbonyl (C=O) groups is 3. The van der Waals surface area contributed by atoms with Crippen molar-refractivity contribution in [2.75, 3.05) is 13.2 Å². The van der Waals surface area contributed by atoms with Crippen LogP contribution in [0.5, 0.6) is 0 Å². The van der Waals surface area contributed by atoms with Crippen LogP contribution in [0.2, 0.25) is 0 Å². The number of allylic oxidation sites excluding steroid dienone is 5. The molecule has 2 N–H and O–H groups in total. The molecule has 0 saturated heterocycles. The molecule has 0 aromatic rings. The van der Waals surface area contributed by atoms with Crippen molar-refractivity contribution in [1.82, 2.24) is 0 Å². The van der Waals surface area contributed by atoms with Gasteiger partial charge in [0.2, 0.25) is 0 Å². The Labute approximate surface area is 267 Å². The van der Waals surface area contributed by atoms with E-state index in [2.05, 4.69) is 13.8 Å². The highest BCUT2D eigenvalue weighted by atomic mass is 16.6. The Morgan fingerprint density at radius 3 is 2.11 bits per heavy atom. The summed E-state index contributed by atoms with van der Waals surface area (Å²) in [6.45, 7) is 3.84. The number of ether oxygens (including phenoxy) is 2. The summed E-state index contributed by atoms with van der Waals surface area (Å²) in [5.74, 6) is -0.835. The predicted molar refractivity (Wildman–Crippen MR) is 177 cm³/mol. The van der Waals surface area contributed by atoms with Crippen LogP contribution in [-0.2, 0) is 23.9 Å². The quantitative estimate of drug-likeness (QED) is 0.0518. The predicted octanol–water partition coefficient (Wildman–Crippen LogP) is 8.12. The second kappa shape index (κ2) is 27.1. The fraction of sp³-hybridized carbons (Fsp3) is 0.757. The summed E-state index contributed by atoms with van der Waals surface area (Å²) < 4.78 is 10.5. The van der Waals surface area contributed by atoms with Crippen molar-refractivity contribution in [3.05, 3.63) is 36.5 Å². The first-order valence-electron chi connectivity index (χ1n) is 17.6.